The van der Waals surface area contributed by atoms with E-state index >= 15 is 0 Å². The lowest BCUT2D eigenvalue weighted by Gasteiger charge is -2.13. The first-order valence-corrected chi connectivity index (χ1v) is 9.16. The molecule has 4 rings (SSSR count). The first-order chi connectivity index (χ1) is 12.2. The Bertz CT molecular complexity index is 911. The number of carbonyl (C=O) groups is 2. The summed E-state index contributed by atoms with van der Waals surface area (Å²) in [5.41, 5.74) is 3.11. The fourth-order valence-electron chi connectivity index (χ4n) is 3.08. The lowest BCUT2D eigenvalue weighted by Crippen LogP contribution is -2.31. The summed E-state index contributed by atoms with van der Waals surface area (Å²) < 4.78 is 0.898. The van der Waals surface area contributed by atoms with Crippen molar-refractivity contribution in [3.8, 4) is 0 Å². The van der Waals surface area contributed by atoms with Gasteiger partial charge in [-0.2, -0.15) is 0 Å². The minimum absolute atomic E-state index is 0.207. The zero-order chi connectivity index (χ0) is 18.0. The van der Waals surface area contributed by atoms with Gasteiger partial charge in [0.25, 0.3) is 11.8 Å². The molecule has 0 fully saturated rings. The Labute approximate surface area is 155 Å². The van der Waals surface area contributed by atoms with Gasteiger partial charge < -0.3 is 4.98 Å². The number of halogens is 1. The predicted octanol–water partition coefficient (Wildman–Crippen LogP) is 4.80. The fraction of sp³-hybridized carbons (Fsp3) is 0.200. The molecule has 4 nitrogen and oxygen atoms in total. The number of hydrogen-bond acceptors (Lipinski definition) is 2. The van der Waals surface area contributed by atoms with Crippen molar-refractivity contribution in [2.24, 2.45) is 0 Å². The van der Waals surface area contributed by atoms with E-state index in [1.165, 1.54) is 4.90 Å². The maximum absolute atomic E-state index is 12.4. The van der Waals surface area contributed by atoms with Crippen LogP contribution in [0, 0.1) is 0 Å². The summed E-state index contributed by atoms with van der Waals surface area (Å²) in [5, 5.41) is 1.11. The van der Waals surface area contributed by atoms with Crippen molar-refractivity contribution in [2.75, 3.05) is 6.54 Å². The van der Waals surface area contributed by atoms with Gasteiger partial charge >= 0.3 is 0 Å². The van der Waals surface area contributed by atoms with Gasteiger partial charge in [0.2, 0.25) is 0 Å². The second-order valence-electron chi connectivity index (χ2n) is 5.52. The van der Waals surface area contributed by atoms with Crippen molar-refractivity contribution >= 4 is 38.6 Å². The first kappa shape index (κ1) is 17.4. The molecule has 128 valence electrons. The predicted molar refractivity (Wildman–Crippen MR) is 103 cm³/mol. The summed E-state index contributed by atoms with van der Waals surface area (Å²) >= 11 is 3.53. The third-order valence-corrected chi connectivity index (χ3v) is 4.90. The average Bonchev–Trinajstić information content (AvgIpc) is 3.10. The summed E-state index contributed by atoms with van der Waals surface area (Å²) in [6.07, 6.45) is 0.607. The molecule has 0 bridgehead atoms. The Morgan fingerprint density at radius 3 is 2.12 bits per heavy atom. The number of benzene rings is 2. The van der Waals surface area contributed by atoms with Crippen molar-refractivity contribution in [2.45, 2.75) is 20.3 Å². The Morgan fingerprint density at radius 1 is 0.920 bits per heavy atom. The number of para-hydroxylation sites is 1. The van der Waals surface area contributed by atoms with Crippen molar-refractivity contribution in [3.63, 3.8) is 0 Å². The summed E-state index contributed by atoms with van der Waals surface area (Å²) in [6, 6.07) is 15.0. The molecular formula is C20H19BrN2O2. The molecule has 2 heterocycles. The minimum Gasteiger partial charge on any atom is -0.349 e. The van der Waals surface area contributed by atoms with Crippen LogP contribution in [0.5, 0.6) is 0 Å². The number of fused-ring (bicyclic) bond motifs is 2. The van der Waals surface area contributed by atoms with Crippen LogP contribution in [-0.2, 0) is 6.42 Å². The largest absolute Gasteiger partial charge is 0.349 e. The molecule has 1 aliphatic rings. The van der Waals surface area contributed by atoms with Crippen LogP contribution in [-0.4, -0.2) is 28.2 Å². The van der Waals surface area contributed by atoms with Crippen LogP contribution in [0.3, 0.4) is 0 Å². The molecule has 1 N–H and O–H groups in total. The number of nitrogens with one attached hydrogen (secondary N) is 1. The summed E-state index contributed by atoms with van der Waals surface area (Å²) in [5.74, 6) is -0.414. The van der Waals surface area contributed by atoms with Gasteiger partial charge in [-0.25, -0.2) is 0 Å². The van der Waals surface area contributed by atoms with E-state index in [4.69, 9.17) is 0 Å². The van der Waals surface area contributed by atoms with Crippen LogP contribution in [0.25, 0.3) is 10.9 Å². The van der Waals surface area contributed by atoms with Gasteiger partial charge in [-0.05, 0) is 46.1 Å². The molecule has 0 aliphatic carbocycles. The highest BCUT2D eigenvalue weighted by atomic mass is 79.9. The maximum Gasteiger partial charge on any atom is 0.261 e. The molecule has 0 spiro atoms. The third-order valence-electron chi connectivity index (χ3n) is 4.23. The van der Waals surface area contributed by atoms with Crippen LogP contribution in [0.2, 0.25) is 0 Å². The highest BCUT2D eigenvalue weighted by molar-refractivity contribution is 9.10. The number of imide groups is 1. The van der Waals surface area contributed by atoms with E-state index in [9.17, 15) is 9.59 Å². The molecule has 0 radical (unpaired) electrons. The van der Waals surface area contributed by atoms with E-state index in [1.54, 1.807) is 24.3 Å². The van der Waals surface area contributed by atoms with E-state index < -0.39 is 0 Å². The molecule has 0 saturated heterocycles. The second kappa shape index (κ2) is 7.23. The Morgan fingerprint density at radius 2 is 1.48 bits per heavy atom. The van der Waals surface area contributed by atoms with Crippen molar-refractivity contribution in [3.05, 3.63) is 69.8 Å². The standard InChI is InChI=1S/C18H13BrN2O2.C2H6/c19-16-12(11-5-3-4-8-15(11)20-16)9-10-21-17(22)13-6-1-2-7-14(13)18(21)23;1-2/h1-8,20H,9-10H2;1-2H3. The molecular weight excluding hydrogens is 380 g/mol. The van der Waals surface area contributed by atoms with E-state index in [1.807, 2.05) is 38.1 Å². The first-order valence-electron chi connectivity index (χ1n) is 8.37. The summed E-state index contributed by atoms with van der Waals surface area (Å²) in [6.45, 7) is 4.37. The molecule has 1 aromatic heterocycles. The molecule has 2 aromatic carbocycles. The molecule has 1 aliphatic heterocycles. The SMILES string of the molecule is CC.O=C1c2ccccc2C(=O)N1CCc1c(Br)[nH]c2ccccc12. The molecule has 5 heteroatoms. The van der Waals surface area contributed by atoms with Crippen LogP contribution in [0.1, 0.15) is 40.1 Å². The number of aromatic nitrogens is 1. The normalized spacial score (nSPS) is 13.0. The Hall–Kier alpha value is -2.40. The van der Waals surface area contributed by atoms with Crippen LogP contribution < -0.4 is 0 Å². The number of hydrogen-bond donors (Lipinski definition) is 1. The molecule has 2 amide bonds. The van der Waals surface area contributed by atoms with Crippen LogP contribution in [0.4, 0.5) is 0 Å². The van der Waals surface area contributed by atoms with Crippen LogP contribution in [0.15, 0.2) is 53.1 Å². The number of rotatable bonds is 3. The monoisotopic (exact) mass is 398 g/mol. The van der Waals surface area contributed by atoms with Crippen LogP contribution >= 0.6 is 15.9 Å². The summed E-state index contributed by atoms with van der Waals surface area (Å²) in [7, 11) is 0. The topological polar surface area (TPSA) is 53.2 Å². The smallest absolute Gasteiger partial charge is 0.261 e. The van der Waals surface area contributed by atoms with E-state index in [2.05, 4.69) is 20.9 Å². The number of amides is 2. The molecule has 0 atom stereocenters. The fourth-order valence-corrected chi connectivity index (χ4v) is 3.70. The number of carbonyl (C=O) groups excluding carboxylic acids is 2. The third kappa shape index (κ3) is 3.00. The van der Waals surface area contributed by atoms with Gasteiger partial charge in [0.1, 0.15) is 0 Å². The van der Waals surface area contributed by atoms with Gasteiger partial charge in [0.05, 0.1) is 15.7 Å². The minimum atomic E-state index is -0.207. The molecule has 0 unspecified atom stereocenters. The van der Waals surface area contributed by atoms with E-state index in [0.29, 0.717) is 24.1 Å². The van der Waals surface area contributed by atoms with Gasteiger partial charge in [-0.3, -0.25) is 14.5 Å². The highest BCUT2D eigenvalue weighted by Crippen LogP contribution is 2.28. The van der Waals surface area contributed by atoms with Gasteiger partial charge in [0, 0.05) is 17.4 Å². The summed E-state index contributed by atoms with van der Waals surface area (Å²) in [4.78, 5) is 29.4. The molecule has 0 saturated carbocycles. The lowest BCUT2D eigenvalue weighted by molar-refractivity contribution is 0.0656. The highest BCUT2D eigenvalue weighted by Gasteiger charge is 2.34. The number of H-pyrrole nitrogens is 1. The lowest BCUT2D eigenvalue weighted by atomic mass is 10.1. The van der Waals surface area contributed by atoms with Gasteiger partial charge in [0.15, 0.2) is 0 Å². The zero-order valence-electron chi connectivity index (χ0n) is 14.2. The maximum atomic E-state index is 12.4. The van der Waals surface area contributed by atoms with Crippen molar-refractivity contribution in [1.29, 1.82) is 0 Å². The zero-order valence-corrected chi connectivity index (χ0v) is 15.8. The number of aromatic amines is 1. The average molecular weight is 399 g/mol. The Kier molecular flexibility index (Phi) is 5.04. The van der Waals surface area contributed by atoms with Gasteiger partial charge in [-0.1, -0.05) is 44.2 Å². The quantitative estimate of drug-likeness (QED) is 0.644. The van der Waals surface area contributed by atoms with Crippen molar-refractivity contribution < 1.29 is 9.59 Å². The molecule has 25 heavy (non-hydrogen) atoms. The Balaban J connectivity index is 0.000000880. The second-order valence-corrected chi connectivity index (χ2v) is 6.31. The van der Waals surface area contributed by atoms with E-state index in [-0.39, 0.29) is 11.8 Å². The molecule has 3 aromatic rings. The number of nitrogens with zero attached hydrogens (tertiary/aromatic N) is 1. The van der Waals surface area contributed by atoms with Crippen molar-refractivity contribution in [1.82, 2.24) is 9.88 Å². The van der Waals surface area contributed by atoms with Gasteiger partial charge in [-0.15, -0.1) is 0 Å². The van der Waals surface area contributed by atoms with E-state index in [0.717, 1.165) is 21.1 Å².